The van der Waals surface area contributed by atoms with Crippen LogP contribution in [0.1, 0.15) is 36.8 Å². The molecule has 2 aromatic rings. The summed E-state index contributed by atoms with van der Waals surface area (Å²) in [6.07, 6.45) is -0.963. The maximum Gasteiger partial charge on any atom is 0.407 e. The molecule has 2 aliphatic rings. The summed E-state index contributed by atoms with van der Waals surface area (Å²) in [5.74, 6) is -1.50. The summed E-state index contributed by atoms with van der Waals surface area (Å²) in [7, 11) is 0. The molecule has 0 spiro atoms. The van der Waals surface area contributed by atoms with Gasteiger partial charge < -0.3 is 20.5 Å². The number of rotatable bonds is 9. The van der Waals surface area contributed by atoms with Crippen LogP contribution in [0.15, 0.2) is 48.5 Å². The number of carboxylic acid groups (broad SMARTS) is 1. The zero-order valence-electron chi connectivity index (χ0n) is 18.6. The van der Waals surface area contributed by atoms with E-state index >= 15 is 0 Å². The molecule has 4 rings (SSSR count). The number of benzene rings is 2. The zero-order chi connectivity index (χ0) is 23.4. The lowest BCUT2D eigenvalue weighted by atomic mass is 9.98. The van der Waals surface area contributed by atoms with E-state index in [9.17, 15) is 14.4 Å². The van der Waals surface area contributed by atoms with Gasteiger partial charge in [-0.2, -0.15) is 0 Å². The first-order valence-electron chi connectivity index (χ1n) is 11.3. The first-order chi connectivity index (χ1) is 16.0. The Morgan fingerprint density at radius 1 is 1.06 bits per heavy atom. The lowest BCUT2D eigenvalue weighted by Crippen LogP contribution is -2.61. The fourth-order valence-corrected chi connectivity index (χ4v) is 4.54. The molecule has 174 valence electrons. The van der Waals surface area contributed by atoms with Gasteiger partial charge in [-0.25, -0.2) is 4.79 Å². The molecular weight excluding hydrogens is 422 g/mol. The number of hydrogen-bond donors (Lipinski definition) is 3. The highest BCUT2D eigenvalue weighted by Crippen LogP contribution is 2.44. The highest BCUT2D eigenvalue weighted by atomic mass is 16.5. The van der Waals surface area contributed by atoms with Crippen LogP contribution in [0.4, 0.5) is 4.79 Å². The van der Waals surface area contributed by atoms with Crippen molar-refractivity contribution in [2.24, 2.45) is 0 Å². The number of carbonyl (C=O) groups is 3. The van der Waals surface area contributed by atoms with Gasteiger partial charge in [0, 0.05) is 25.4 Å². The number of aliphatic carboxylic acids is 1. The van der Waals surface area contributed by atoms with Gasteiger partial charge in [-0.1, -0.05) is 55.5 Å². The Balaban J connectivity index is 1.37. The van der Waals surface area contributed by atoms with Crippen LogP contribution in [0, 0.1) is 0 Å². The summed E-state index contributed by atoms with van der Waals surface area (Å²) in [5, 5.41) is 14.5. The van der Waals surface area contributed by atoms with Gasteiger partial charge in [0.2, 0.25) is 5.91 Å². The number of nitrogens with one attached hydrogen (secondary N) is 2. The van der Waals surface area contributed by atoms with E-state index in [0.29, 0.717) is 0 Å². The molecular formula is C25H29N3O5. The standard InChI is InChI=1S/C25H29N3O5/c1-2-28-13-16(14-28)26-24(31)22(11-12-23(29)30)27-25(32)33-15-21-19-9-5-3-7-17(19)18-8-4-6-10-20(18)21/h3-10,16,21-22H,2,11-15H2,1H3,(H,26,31)(H,27,32)(H,29,30). The molecule has 8 heteroatoms. The SMILES string of the molecule is CCN1CC(NC(=O)C(CCC(=O)O)NC(=O)OCC2c3ccccc3-c3ccccc32)C1. The fraction of sp³-hybridized carbons (Fsp3) is 0.400. The number of alkyl carbamates (subject to hydrolysis) is 1. The van der Waals surface area contributed by atoms with Crippen molar-refractivity contribution in [2.45, 2.75) is 37.8 Å². The van der Waals surface area contributed by atoms with Crippen LogP contribution in [-0.2, 0) is 14.3 Å². The smallest absolute Gasteiger partial charge is 0.407 e. The predicted octanol–water partition coefficient (Wildman–Crippen LogP) is 2.58. The molecule has 0 aromatic heterocycles. The van der Waals surface area contributed by atoms with E-state index in [4.69, 9.17) is 9.84 Å². The van der Waals surface area contributed by atoms with Gasteiger partial charge in [-0.3, -0.25) is 14.5 Å². The second-order valence-corrected chi connectivity index (χ2v) is 8.51. The molecule has 0 saturated carbocycles. The molecule has 1 fully saturated rings. The Bertz CT molecular complexity index is 989. The monoisotopic (exact) mass is 451 g/mol. The van der Waals surface area contributed by atoms with E-state index in [1.54, 1.807) is 0 Å². The number of hydrogen-bond acceptors (Lipinski definition) is 5. The Labute approximate surface area is 192 Å². The van der Waals surface area contributed by atoms with Crippen LogP contribution in [0.5, 0.6) is 0 Å². The maximum absolute atomic E-state index is 12.7. The maximum atomic E-state index is 12.7. The third kappa shape index (κ3) is 5.17. The van der Waals surface area contributed by atoms with E-state index in [1.165, 1.54) is 0 Å². The van der Waals surface area contributed by atoms with Crippen LogP contribution >= 0.6 is 0 Å². The van der Waals surface area contributed by atoms with Crippen molar-refractivity contribution >= 4 is 18.0 Å². The topological polar surface area (TPSA) is 108 Å². The number of likely N-dealkylation sites (N-methyl/N-ethyl adjacent to an activating group) is 1. The minimum Gasteiger partial charge on any atom is -0.481 e. The van der Waals surface area contributed by atoms with Crippen LogP contribution in [0.3, 0.4) is 0 Å². The number of amides is 2. The molecule has 2 aromatic carbocycles. The van der Waals surface area contributed by atoms with Crippen molar-refractivity contribution < 1.29 is 24.2 Å². The third-order valence-corrected chi connectivity index (χ3v) is 6.35. The molecule has 1 heterocycles. The lowest BCUT2D eigenvalue weighted by Gasteiger charge is -2.39. The summed E-state index contributed by atoms with van der Waals surface area (Å²) in [4.78, 5) is 38.5. The average molecular weight is 452 g/mol. The van der Waals surface area contributed by atoms with E-state index in [-0.39, 0.29) is 37.3 Å². The minimum absolute atomic E-state index is 0.00439. The van der Waals surface area contributed by atoms with E-state index in [0.717, 1.165) is 41.9 Å². The molecule has 1 unspecified atom stereocenters. The van der Waals surface area contributed by atoms with Crippen molar-refractivity contribution in [3.63, 3.8) is 0 Å². The number of ether oxygens (including phenoxy) is 1. The highest BCUT2D eigenvalue weighted by Gasteiger charge is 2.32. The molecule has 2 amide bonds. The van der Waals surface area contributed by atoms with Gasteiger partial charge in [-0.05, 0) is 35.2 Å². The van der Waals surface area contributed by atoms with Crippen LogP contribution in [0.2, 0.25) is 0 Å². The molecule has 0 radical (unpaired) electrons. The fourth-order valence-electron chi connectivity index (χ4n) is 4.54. The van der Waals surface area contributed by atoms with E-state index < -0.39 is 18.1 Å². The number of carboxylic acids is 1. The summed E-state index contributed by atoms with van der Waals surface area (Å²) in [5.41, 5.74) is 4.44. The summed E-state index contributed by atoms with van der Waals surface area (Å²) >= 11 is 0. The van der Waals surface area contributed by atoms with Gasteiger partial charge in [-0.15, -0.1) is 0 Å². The van der Waals surface area contributed by atoms with E-state index in [2.05, 4.69) is 27.7 Å². The van der Waals surface area contributed by atoms with Gasteiger partial charge >= 0.3 is 12.1 Å². The highest BCUT2D eigenvalue weighted by molar-refractivity contribution is 5.86. The van der Waals surface area contributed by atoms with E-state index in [1.807, 2.05) is 43.3 Å². The van der Waals surface area contributed by atoms with Crippen LogP contribution in [-0.4, -0.2) is 66.3 Å². The lowest BCUT2D eigenvalue weighted by molar-refractivity contribution is -0.137. The Hall–Kier alpha value is -3.39. The molecule has 1 aliphatic heterocycles. The largest absolute Gasteiger partial charge is 0.481 e. The minimum atomic E-state index is -1.03. The Morgan fingerprint density at radius 3 is 2.24 bits per heavy atom. The molecule has 1 saturated heterocycles. The molecule has 0 bridgehead atoms. The third-order valence-electron chi connectivity index (χ3n) is 6.35. The number of fused-ring (bicyclic) bond motifs is 3. The zero-order valence-corrected chi connectivity index (χ0v) is 18.6. The van der Waals surface area contributed by atoms with Crippen molar-refractivity contribution in [3.05, 3.63) is 59.7 Å². The van der Waals surface area contributed by atoms with Gasteiger partial charge in [0.1, 0.15) is 12.6 Å². The van der Waals surface area contributed by atoms with Crippen molar-refractivity contribution in [1.82, 2.24) is 15.5 Å². The normalized spacial score (nSPS) is 16.3. The van der Waals surface area contributed by atoms with Crippen molar-refractivity contribution in [3.8, 4) is 11.1 Å². The molecule has 1 aliphatic carbocycles. The van der Waals surface area contributed by atoms with Crippen LogP contribution in [0.25, 0.3) is 11.1 Å². The molecule has 1 atom stereocenters. The number of likely N-dealkylation sites (tertiary alicyclic amines) is 1. The van der Waals surface area contributed by atoms with Crippen molar-refractivity contribution in [2.75, 3.05) is 26.2 Å². The summed E-state index contributed by atoms with van der Waals surface area (Å²) < 4.78 is 5.52. The quantitative estimate of drug-likeness (QED) is 0.541. The molecule has 3 N–H and O–H groups in total. The first-order valence-corrected chi connectivity index (χ1v) is 11.3. The molecule has 33 heavy (non-hydrogen) atoms. The van der Waals surface area contributed by atoms with Gasteiger partial charge in [0.25, 0.3) is 0 Å². The van der Waals surface area contributed by atoms with Crippen molar-refractivity contribution in [1.29, 1.82) is 0 Å². The second-order valence-electron chi connectivity index (χ2n) is 8.51. The molecule has 8 nitrogen and oxygen atoms in total. The Morgan fingerprint density at radius 2 is 1.67 bits per heavy atom. The Kier molecular flexibility index (Phi) is 6.93. The summed E-state index contributed by atoms with van der Waals surface area (Å²) in [6, 6.07) is 15.1. The number of carbonyl (C=O) groups excluding carboxylic acids is 2. The number of nitrogens with zero attached hydrogens (tertiary/aromatic N) is 1. The average Bonchev–Trinajstić information content (AvgIpc) is 3.10. The van der Waals surface area contributed by atoms with Gasteiger partial charge in [0.05, 0.1) is 6.04 Å². The van der Waals surface area contributed by atoms with Gasteiger partial charge in [0.15, 0.2) is 0 Å². The first kappa shape index (κ1) is 22.8. The predicted molar refractivity (Wildman–Crippen MR) is 123 cm³/mol. The second kappa shape index (κ2) is 10.0. The summed E-state index contributed by atoms with van der Waals surface area (Å²) in [6.45, 7) is 4.58. The van der Waals surface area contributed by atoms with Crippen LogP contribution < -0.4 is 10.6 Å².